The van der Waals surface area contributed by atoms with E-state index in [0.29, 0.717) is 0 Å². The Hall–Kier alpha value is 0.140. The largest absolute Gasteiger partial charge is 1.00 e. The molecule has 20 heavy (non-hydrogen) atoms. The molecule has 104 valence electrons. The number of rotatable bonds is 2. The third-order valence-corrected chi connectivity index (χ3v) is 4.20. The van der Waals surface area contributed by atoms with Gasteiger partial charge in [0.1, 0.15) is 10.1 Å². The third-order valence-electron chi connectivity index (χ3n) is 2.59. The Bertz CT molecular complexity index is 653. The molecule has 0 saturated carbocycles. The molecule has 6 nitrogen and oxygen atoms in total. The van der Waals surface area contributed by atoms with Gasteiger partial charge < -0.3 is 4.55 Å². The van der Waals surface area contributed by atoms with Crippen LogP contribution in [0.25, 0.3) is 0 Å². The van der Waals surface area contributed by atoms with Crippen LogP contribution >= 0.6 is 23.2 Å². The van der Waals surface area contributed by atoms with Gasteiger partial charge in [-0.15, -0.1) is 0 Å². The molecule has 0 aliphatic carbocycles. The van der Waals surface area contributed by atoms with Crippen LogP contribution in [0.15, 0.2) is 17.0 Å². The van der Waals surface area contributed by atoms with Gasteiger partial charge in [-0.1, -0.05) is 23.2 Å². The van der Waals surface area contributed by atoms with Crippen LogP contribution in [-0.4, -0.2) is 24.9 Å². The van der Waals surface area contributed by atoms with Gasteiger partial charge >= 0.3 is 29.6 Å². The van der Waals surface area contributed by atoms with Crippen LogP contribution in [0.3, 0.4) is 0 Å². The number of hydrogen-bond donors (Lipinski definition) is 1. The Kier molecular flexibility index (Phi) is 5.91. The van der Waals surface area contributed by atoms with Crippen LogP contribution in [0.4, 0.5) is 5.69 Å². The summed E-state index contributed by atoms with van der Waals surface area (Å²) in [7, 11) is -4.71. The van der Waals surface area contributed by atoms with Gasteiger partial charge in [-0.2, -0.15) is 0 Å². The van der Waals surface area contributed by atoms with E-state index in [1.54, 1.807) is 0 Å². The molecule has 1 aromatic rings. The van der Waals surface area contributed by atoms with Gasteiger partial charge in [0, 0.05) is 12.5 Å². The van der Waals surface area contributed by atoms with Gasteiger partial charge in [-0.25, -0.2) is 18.9 Å². The molecule has 0 radical (unpaired) electrons. The molecule has 1 heterocycles. The fourth-order valence-corrected chi connectivity index (χ4v) is 3.09. The first kappa shape index (κ1) is 18.2. The van der Waals surface area contributed by atoms with Crippen LogP contribution in [0.1, 0.15) is 13.3 Å². The molecular formula is C10H9Cl2N2NaO4S. The second-order valence-electron chi connectivity index (χ2n) is 4.15. The Balaban J connectivity index is 0.00000200. The fraction of sp³-hybridized carbons (Fsp3) is 0.300. The van der Waals surface area contributed by atoms with Crippen molar-refractivity contribution in [3.05, 3.63) is 22.2 Å². The van der Waals surface area contributed by atoms with E-state index in [0.717, 1.165) is 6.07 Å². The van der Waals surface area contributed by atoms with Gasteiger partial charge in [-0.05, 0) is 19.1 Å². The maximum Gasteiger partial charge on any atom is 1.00 e. The average Bonchev–Trinajstić information content (AvgIpc) is 2.59. The van der Waals surface area contributed by atoms with E-state index in [4.69, 9.17) is 23.2 Å². The van der Waals surface area contributed by atoms with E-state index < -0.39 is 15.0 Å². The molecule has 1 aliphatic heterocycles. The Morgan fingerprint density at radius 3 is 2.40 bits per heavy atom. The van der Waals surface area contributed by atoms with Crippen molar-refractivity contribution < 1.29 is 47.3 Å². The smallest absolute Gasteiger partial charge is 0.744 e. The number of halogens is 2. The summed E-state index contributed by atoms with van der Waals surface area (Å²) in [5.41, 5.74) is 3.08. The second-order valence-corrected chi connectivity index (χ2v) is 6.31. The molecule has 1 amide bonds. The molecule has 1 unspecified atom stereocenters. The second kappa shape index (κ2) is 6.50. The number of nitrogens with zero attached hydrogens (tertiary/aromatic N) is 1. The first-order valence-electron chi connectivity index (χ1n) is 5.24. The molecule has 0 spiro atoms. The SMILES string of the molecule is CC1CC(=O)N(c2cc(Cl)c(S(=O)(=O)[O-])cc2Cl)N1.[Na+]. The quantitative estimate of drug-likeness (QED) is 0.521. The summed E-state index contributed by atoms with van der Waals surface area (Å²) in [4.78, 5) is 11.1. The van der Waals surface area contributed by atoms with Crippen molar-refractivity contribution in [1.29, 1.82) is 0 Å². The minimum atomic E-state index is -4.71. The molecule has 1 aromatic carbocycles. The summed E-state index contributed by atoms with van der Waals surface area (Å²) in [5, 5.41) is 0.873. The van der Waals surface area contributed by atoms with E-state index in [-0.39, 0.29) is 63.7 Å². The first-order chi connectivity index (χ1) is 8.70. The van der Waals surface area contributed by atoms with Crippen LogP contribution in [-0.2, 0) is 14.9 Å². The van der Waals surface area contributed by atoms with E-state index >= 15 is 0 Å². The zero-order valence-electron chi connectivity index (χ0n) is 10.7. The molecule has 0 bridgehead atoms. The minimum absolute atomic E-state index is 0. The van der Waals surface area contributed by atoms with Gasteiger partial charge in [0.05, 0.1) is 20.6 Å². The summed E-state index contributed by atoms with van der Waals surface area (Å²) < 4.78 is 32.9. The summed E-state index contributed by atoms with van der Waals surface area (Å²) >= 11 is 11.6. The number of benzene rings is 1. The first-order valence-corrected chi connectivity index (χ1v) is 7.40. The fourth-order valence-electron chi connectivity index (χ4n) is 1.78. The molecule has 1 atom stereocenters. The van der Waals surface area contributed by atoms with Crippen LogP contribution in [0.2, 0.25) is 10.0 Å². The zero-order valence-corrected chi connectivity index (χ0v) is 15.0. The average molecular weight is 347 g/mol. The Morgan fingerprint density at radius 2 is 1.95 bits per heavy atom. The van der Waals surface area contributed by atoms with Crippen molar-refractivity contribution in [2.75, 3.05) is 5.01 Å². The minimum Gasteiger partial charge on any atom is -0.744 e. The van der Waals surface area contributed by atoms with Crippen LogP contribution in [0.5, 0.6) is 0 Å². The van der Waals surface area contributed by atoms with Crippen molar-refractivity contribution >= 4 is 44.9 Å². The monoisotopic (exact) mass is 346 g/mol. The summed E-state index contributed by atoms with van der Waals surface area (Å²) in [6.45, 7) is 1.81. The van der Waals surface area contributed by atoms with Gasteiger partial charge in [0.25, 0.3) is 0 Å². The standard InChI is InChI=1S/C10H10Cl2N2O4S.Na/c1-5-2-10(15)14(13-5)8-3-7(12)9(4-6(8)11)19(16,17)18;/h3-5,13H,2H2,1H3,(H,16,17,18);/q;+1/p-1. The summed E-state index contributed by atoms with van der Waals surface area (Å²) in [5.74, 6) is -0.219. The van der Waals surface area contributed by atoms with Crippen molar-refractivity contribution in [2.24, 2.45) is 0 Å². The Morgan fingerprint density at radius 1 is 1.35 bits per heavy atom. The maximum absolute atomic E-state index is 11.7. The van der Waals surface area contributed by atoms with Crippen molar-refractivity contribution in [1.82, 2.24) is 5.43 Å². The number of carbonyl (C=O) groups is 1. The van der Waals surface area contributed by atoms with Crippen molar-refractivity contribution in [3.63, 3.8) is 0 Å². The molecule has 10 heteroatoms. The van der Waals surface area contributed by atoms with E-state index in [2.05, 4.69) is 5.43 Å². The third kappa shape index (κ3) is 3.66. The molecule has 2 rings (SSSR count). The normalized spacial score (nSPS) is 19.1. The predicted octanol–water partition coefficient (Wildman–Crippen LogP) is -1.47. The molecule has 1 N–H and O–H groups in total. The van der Waals surface area contributed by atoms with E-state index in [9.17, 15) is 17.8 Å². The molecule has 0 aromatic heterocycles. The molecule has 1 aliphatic rings. The molecular weight excluding hydrogens is 338 g/mol. The van der Waals surface area contributed by atoms with Crippen LogP contribution in [0, 0.1) is 0 Å². The van der Waals surface area contributed by atoms with Gasteiger partial charge in [-0.3, -0.25) is 4.79 Å². The molecule has 1 saturated heterocycles. The van der Waals surface area contributed by atoms with E-state index in [1.807, 2.05) is 6.92 Å². The molecule has 1 fully saturated rings. The van der Waals surface area contributed by atoms with Crippen molar-refractivity contribution in [3.8, 4) is 0 Å². The number of carbonyl (C=O) groups excluding carboxylic acids is 1. The van der Waals surface area contributed by atoms with Crippen LogP contribution < -0.4 is 40.0 Å². The summed E-state index contributed by atoms with van der Waals surface area (Å²) in [6, 6.07) is 2.06. The Labute approximate surface area is 148 Å². The van der Waals surface area contributed by atoms with Gasteiger partial charge in [0.15, 0.2) is 0 Å². The number of anilines is 1. The predicted molar refractivity (Wildman–Crippen MR) is 69.1 cm³/mol. The van der Waals surface area contributed by atoms with E-state index in [1.165, 1.54) is 11.1 Å². The maximum atomic E-state index is 11.7. The number of hydrazine groups is 1. The zero-order chi connectivity index (χ0) is 14.4. The topological polar surface area (TPSA) is 89.5 Å². The number of hydrogen-bond acceptors (Lipinski definition) is 5. The number of nitrogens with one attached hydrogen (secondary N) is 1. The number of amides is 1. The van der Waals surface area contributed by atoms with Crippen molar-refractivity contribution in [2.45, 2.75) is 24.3 Å². The summed E-state index contributed by atoms with van der Waals surface area (Å²) in [6.07, 6.45) is 0.287. The van der Waals surface area contributed by atoms with Gasteiger partial charge in [0.2, 0.25) is 5.91 Å².